The second-order valence-electron chi connectivity index (χ2n) is 6.06. The second-order valence-corrected chi connectivity index (χ2v) is 8.12. The first kappa shape index (κ1) is 17.3. The van der Waals surface area contributed by atoms with Crippen molar-refractivity contribution in [2.45, 2.75) is 11.3 Å². The van der Waals surface area contributed by atoms with Crippen LogP contribution in [0, 0.1) is 0 Å². The molecule has 2 aromatic rings. The molecular formula is C19H15BrN2O3S. The van der Waals surface area contributed by atoms with Gasteiger partial charge in [-0.05, 0) is 30.3 Å². The van der Waals surface area contributed by atoms with E-state index in [-0.39, 0.29) is 30.7 Å². The van der Waals surface area contributed by atoms with Crippen molar-refractivity contribution in [3.05, 3.63) is 58.1 Å². The molecule has 5 nitrogen and oxygen atoms in total. The minimum atomic E-state index is -0.339. The summed E-state index contributed by atoms with van der Waals surface area (Å²) in [4.78, 5) is 41.7. The van der Waals surface area contributed by atoms with Crippen LogP contribution in [0.5, 0.6) is 0 Å². The van der Waals surface area contributed by atoms with E-state index < -0.39 is 0 Å². The number of amides is 3. The van der Waals surface area contributed by atoms with Gasteiger partial charge in [-0.3, -0.25) is 19.3 Å². The van der Waals surface area contributed by atoms with Crippen LogP contribution in [0.3, 0.4) is 0 Å². The number of hydrogen-bond donors (Lipinski definition) is 0. The summed E-state index contributed by atoms with van der Waals surface area (Å²) in [5.41, 5.74) is 1.68. The van der Waals surface area contributed by atoms with Crippen LogP contribution in [-0.2, 0) is 4.79 Å². The summed E-state index contributed by atoms with van der Waals surface area (Å²) < 4.78 is 0.748. The van der Waals surface area contributed by atoms with Gasteiger partial charge in [-0.2, -0.15) is 0 Å². The van der Waals surface area contributed by atoms with Crippen LogP contribution in [0.1, 0.15) is 27.1 Å². The van der Waals surface area contributed by atoms with E-state index in [4.69, 9.17) is 0 Å². The van der Waals surface area contributed by atoms with Crippen LogP contribution < -0.4 is 4.90 Å². The molecule has 0 saturated heterocycles. The van der Waals surface area contributed by atoms with Crippen molar-refractivity contribution in [3.8, 4) is 0 Å². The van der Waals surface area contributed by atoms with Gasteiger partial charge in [0.25, 0.3) is 11.8 Å². The molecule has 0 fully saturated rings. The van der Waals surface area contributed by atoms with E-state index in [2.05, 4.69) is 15.9 Å². The lowest BCUT2D eigenvalue weighted by Crippen LogP contribution is -2.39. The fourth-order valence-electron chi connectivity index (χ4n) is 3.24. The van der Waals surface area contributed by atoms with E-state index in [0.29, 0.717) is 17.7 Å². The van der Waals surface area contributed by atoms with Crippen LogP contribution in [0.2, 0.25) is 0 Å². The molecule has 2 heterocycles. The average molecular weight is 431 g/mol. The second kappa shape index (κ2) is 6.89. The van der Waals surface area contributed by atoms with Gasteiger partial charge < -0.3 is 4.90 Å². The quantitative estimate of drug-likeness (QED) is 0.698. The number of anilines is 1. The zero-order chi connectivity index (χ0) is 18.3. The Morgan fingerprint density at radius 1 is 1.08 bits per heavy atom. The van der Waals surface area contributed by atoms with Gasteiger partial charge in [-0.1, -0.05) is 28.1 Å². The van der Waals surface area contributed by atoms with E-state index >= 15 is 0 Å². The smallest absolute Gasteiger partial charge is 0.261 e. The summed E-state index contributed by atoms with van der Waals surface area (Å²) in [6, 6.07) is 12.8. The molecule has 2 aliphatic rings. The Morgan fingerprint density at radius 2 is 1.85 bits per heavy atom. The highest BCUT2D eigenvalue weighted by atomic mass is 79.9. The molecule has 0 N–H and O–H groups in total. The maximum absolute atomic E-state index is 12.7. The van der Waals surface area contributed by atoms with Gasteiger partial charge in [0.15, 0.2) is 0 Å². The Morgan fingerprint density at radius 3 is 2.69 bits per heavy atom. The summed E-state index contributed by atoms with van der Waals surface area (Å²) in [5, 5.41) is 0. The molecule has 2 aliphatic heterocycles. The van der Waals surface area contributed by atoms with Crippen LogP contribution in [0.25, 0.3) is 0 Å². The molecule has 0 atom stereocenters. The molecule has 3 amide bonds. The lowest BCUT2D eigenvalue weighted by atomic mass is 10.1. The SMILES string of the molecule is O=C1c2ccc(Br)cc2C(=O)N1CCC(=O)N1CCSc2ccccc21. The maximum atomic E-state index is 12.7. The number of fused-ring (bicyclic) bond motifs is 2. The monoisotopic (exact) mass is 430 g/mol. The number of carbonyl (C=O) groups excluding carboxylic acids is 3. The minimum absolute atomic E-state index is 0.0736. The van der Waals surface area contributed by atoms with Gasteiger partial charge in [0.05, 0.1) is 16.8 Å². The van der Waals surface area contributed by atoms with E-state index in [1.54, 1.807) is 34.9 Å². The topological polar surface area (TPSA) is 57.7 Å². The van der Waals surface area contributed by atoms with Crippen molar-refractivity contribution in [2.75, 3.05) is 23.7 Å². The normalized spacial score (nSPS) is 15.9. The number of thioether (sulfide) groups is 1. The van der Waals surface area contributed by atoms with Crippen molar-refractivity contribution in [3.63, 3.8) is 0 Å². The summed E-state index contributed by atoms with van der Waals surface area (Å²) >= 11 is 5.05. The Bertz CT molecular complexity index is 931. The van der Waals surface area contributed by atoms with Gasteiger partial charge in [-0.15, -0.1) is 11.8 Å². The predicted molar refractivity (Wildman–Crippen MR) is 104 cm³/mol. The van der Waals surface area contributed by atoms with Crippen LogP contribution in [0.4, 0.5) is 5.69 Å². The van der Waals surface area contributed by atoms with Gasteiger partial charge >= 0.3 is 0 Å². The lowest BCUT2D eigenvalue weighted by Gasteiger charge is -2.29. The van der Waals surface area contributed by atoms with Crippen molar-refractivity contribution < 1.29 is 14.4 Å². The van der Waals surface area contributed by atoms with Gasteiger partial charge in [0.1, 0.15) is 0 Å². The summed E-state index contributed by atoms with van der Waals surface area (Å²) in [7, 11) is 0. The summed E-state index contributed by atoms with van der Waals surface area (Å²) in [6.45, 7) is 0.726. The molecule has 0 aromatic heterocycles. The molecule has 0 bridgehead atoms. The number of imide groups is 1. The molecule has 0 unspecified atom stereocenters. The Labute approximate surface area is 163 Å². The molecule has 7 heteroatoms. The van der Waals surface area contributed by atoms with Crippen molar-refractivity contribution in [1.29, 1.82) is 0 Å². The molecule has 4 rings (SSSR count). The fourth-order valence-corrected chi connectivity index (χ4v) is 4.59. The number of para-hydroxylation sites is 1. The largest absolute Gasteiger partial charge is 0.310 e. The third-order valence-electron chi connectivity index (χ3n) is 4.51. The van der Waals surface area contributed by atoms with Crippen molar-refractivity contribution in [2.24, 2.45) is 0 Å². The minimum Gasteiger partial charge on any atom is -0.310 e. The number of nitrogens with zero attached hydrogens (tertiary/aromatic N) is 2. The third-order valence-corrected chi connectivity index (χ3v) is 6.05. The van der Waals surface area contributed by atoms with Crippen LogP contribution in [-0.4, -0.2) is 41.5 Å². The highest BCUT2D eigenvalue weighted by Crippen LogP contribution is 2.34. The van der Waals surface area contributed by atoms with E-state index in [1.165, 1.54) is 4.90 Å². The lowest BCUT2D eigenvalue weighted by molar-refractivity contribution is -0.118. The molecule has 132 valence electrons. The summed E-state index contributed by atoms with van der Waals surface area (Å²) in [5.74, 6) is 0.0909. The number of rotatable bonds is 3. The van der Waals surface area contributed by atoms with Gasteiger partial charge in [0.2, 0.25) is 5.91 Å². The molecule has 2 aromatic carbocycles. The number of carbonyl (C=O) groups is 3. The van der Waals surface area contributed by atoms with E-state index in [0.717, 1.165) is 20.8 Å². The molecule has 0 spiro atoms. The number of hydrogen-bond acceptors (Lipinski definition) is 4. The Balaban J connectivity index is 1.48. The van der Waals surface area contributed by atoms with E-state index in [9.17, 15) is 14.4 Å². The van der Waals surface area contributed by atoms with Crippen molar-refractivity contribution >= 4 is 51.1 Å². The fraction of sp³-hybridized carbons (Fsp3) is 0.211. The molecule has 0 radical (unpaired) electrons. The Kier molecular flexibility index (Phi) is 4.58. The zero-order valence-corrected chi connectivity index (χ0v) is 16.2. The third kappa shape index (κ3) is 2.95. The van der Waals surface area contributed by atoms with E-state index in [1.807, 2.05) is 24.3 Å². The molecule has 0 aliphatic carbocycles. The molecular weight excluding hydrogens is 416 g/mol. The highest BCUT2D eigenvalue weighted by molar-refractivity contribution is 9.10. The first-order valence-corrected chi connectivity index (χ1v) is 10.0. The van der Waals surface area contributed by atoms with Gasteiger partial charge in [-0.25, -0.2) is 0 Å². The Hall–Kier alpha value is -2.12. The number of halogens is 1. The van der Waals surface area contributed by atoms with Crippen molar-refractivity contribution in [1.82, 2.24) is 4.90 Å². The first-order valence-electron chi connectivity index (χ1n) is 8.24. The maximum Gasteiger partial charge on any atom is 0.261 e. The molecule has 26 heavy (non-hydrogen) atoms. The standard InChI is InChI=1S/C19H15BrN2O3S/c20-12-5-6-13-14(11-12)19(25)22(18(13)24)8-7-17(23)21-9-10-26-16-4-2-1-3-15(16)21/h1-6,11H,7-10H2. The zero-order valence-electron chi connectivity index (χ0n) is 13.8. The van der Waals surface area contributed by atoms with Crippen LogP contribution >= 0.6 is 27.7 Å². The van der Waals surface area contributed by atoms with Gasteiger partial charge in [0, 0.05) is 34.6 Å². The summed E-state index contributed by atoms with van der Waals surface area (Å²) in [6.07, 6.45) is 0.117. The number of benzene rings is 2. The predicted octanol–water partition coefficient (Wildman–Crippen LogP) is 3.57. The highest BCUT2D eigenvalue weighted by Gasteiger charge is 2.36. The van der Waals surface area contributed by atoms with Crippen LogP contribution in [0.15, 0.2) is 51.8 Å². The first-order chi connectivity index (χ1) is 12.6. The molecule has 0 saturated carbocycles. The average Bonchev–Trinajstić information content (AvgIpc) is 2.89.